The van der Waals surface area contributed by atoms with Gasteiger partial charge in [0.2, 0.25) is 0 Å². The summed E-state index contributed by atoms with van der Waals surface area (Å²) >= 11 is 0. The molecule has 2 rings (SSSR count). The van der Waals surface area contributed by atoms with Crippen molar-refractivity contribution < 1.29 is 9.90 Å². The Morgan fingerprint density at radius 1 is 1.00 bits per heavy atom. The van der Waals surface area contributed by atoms with Crippen LogP contribution in [0, 0.1) is 12.3 Å². The third-order valence-corrected chi connectivity index (χ3v) is 2.98. The molecule has 0 aliphatic rings. The van der Waals surface area contributed by atoms with Crippen molar-refractivity contribution in [2.24, 2.45) is 0 Å². The number of hydrogen-bond donors (Lipinski definition) is 1. The van der Waals surface area contributed by atoms with Gasteiger partial charge in [-0.3, -0.25) is 4.79 Å². The largest absolute Gasteiger partial charge is 0.383 e. The predicted molar refractivity (Wildman–Crippen MR) is 74.8 cm³/mol. The number of carbonyl (C=O) groups excluding carboxylic acids is 1. The quantitative estimate of drug-likeness (QED) is 0.669. The Bertz CT molecular complexity index is 582. The van der Waals surface area contributed by atoms with E-state index in [4.69, 9.17) is 6.42 Å². The van der Waals surface area contributed by atoms with Crippen LogP contribution in [-0.4, -0.2) is 17.0 Å². The van der Waals surface area contributed by atoms with Crippen LogP contribution in [0.1, 0.15) is 21.8 Å². The molecule has 0 radical (unpaired) electrons. The fourth-order valence-electron chi connectivity index (χ4n) is 1.95. The van der Waals surface area contributed by atoms with Crippen LogP contribution in [0.5, 0.6) is 0 Å². The Labute approximate surface area is 112 Å². The topological polar surface area (TPSA) is 37.3 Å². The molecule has 0 aliphatic carbocycles. The van der Waals surface area contributed by atoms with Crippen LogP contribution >= 0.6 is 0 Å². The standard InChI is InChI=1S/C17H14O2/c1-2-15(13-9-5-3-6-10-13)17(19)16(18)14-11-7-4-8-12-14/h1,3-12,15,17,19H/t15-,17+/m1/s1. The number of benzene rings is 2. The summed E-state index contributed by atoms with van der Waals surface area (Å²) in [6, 6.07) is 17.8. The van der Waals surface area contributed by atoms with Gasteiger partial charge in [-0.25, -0.2) is 0 Å². The van der Waals surface area contributed by atoms with Gasteiger partial charge in [-0.1, -0.05) is 66.6 Å². The Morgan fingerprint density at radius 3 is 2.05 bits per heavy atom. The molecule has 2 aromatic carbocycles. The van der Waals surface area contributed by atoms with E-state index >= 15 is 0 Å². The predicted octanol–water partition coefficient (Wildman–Crippen LogP) is 2.65. The van der Waals surface area contributed by atoms with Crippen molar-refractivity contribution in [1.82, 2.24) is 0 Å². The average molecular weight is 250 g/mol. The molecule has 1 N–H and O–H groups in total. The summed E-state index contributed by atoms with van der Waals surface area (Å²) in [5.74, 6) is 1.51. The summed E-state index contributed by atoms with van der Waals surface area (Å²) in [7, 11) is 0. The minimum atomic E-state index is -1.23. The fourth-order valence-corrected chi connectivity index (χ4v) is 1.95. The number of hydrogen-bond acceptors (Lipinski definition) is 2. The van der Waals surface area contributed by atoms with Crippen LogP contribution in [0.3, 0.4) is 0 Å². The second kappa shape index (κ2) is 5.99. The molecule has 2 aromatic rings. The van der Waals surface area contributed by atoms with Gasteiger partial charge in [-0.15, -0.1) is 6.42 Å². The first-order chi connectivity index (χ1) is 9.24. The Hall–Kier alpha value is -2.37. The van der Waals surface area contributed by atoms with Crippen LogP contribution in [0.4, 0.5) is 0 Å². The molecule has 2 heteroatoms. The zero-order valence-corrected chi connectivity index (χ0v) is 10.4. The van der Waals surface area contributed by atoms with E-state index in [1.165, 1.54) is 0 Å². The van der Waals surface area contributed by atoms with Crippen LogP contribution < -0.4 is 0 Å². The first-order valence-electron chi connectivity index (χ1n) is 6.02. The number of aliphatic hydroxyl groups excluding tert-OH is 1. The summed E-state index contributed by atoms with van der Waals surface area (Å²) in [5.41, 5.74) is 1.23. The zero-order valence-electron chi connectivity index (χ0n) is 10.4. The number of Topliss-reactive ketones (excluding diaryl/α,β-unsaturated/α-hetero) is 1. The van der Waals surface area contributed by atoms with Gasteiger partial charge in [0, 0.05) is 5.56 Å². The van der Waals surface area contributed by atoms with E-state index in [1.807, 2.05) is 36.4 Å². The SMILES string of the molecule is C#C[C@H](c1ccccc1)[C@H](O)C(=O)c1ccccc1. The van der Waals surface area contributed by atoms with E-state index < -0.39 is 12.0 Å². The van der Waals surface area contributed by atoms with Crippen molar-refractivity contribution in [2.75, 3.05) is 0 Å². The normalized spacial score (nSPS) is 13.3. The highest BCUT2D eigenvalue weighted by atomic mass is 16.3. The molecule has 2 nitrogen and oxygen atoms in total. The van der Waals surface area contributed by atoms with E-state index in [-0.39, 0.29) is 5.78 Å². The van der Waals surface area contributed by atoms with Gasteiger partial charge in [-0.05, 0) is 5.56 Å². The van der Waals surface area contributed by atoms with E-state index in [0.717, 1.165) is 5.56 Å². The second-order valence-corrected chi connectivity index (χ2v) is 4.23. The molecule has 0 spiro atoms. The Kier molecular flexibility index (Phi) is 4.12. The minimum absolute atomic E-state index is 0.354. The van der Waals surface area contributed by atoms with Crippen LogP contribution in [0.25, 0.3) is 0 Å². The summed E-state index contributed by atoms with van der Waals surface area (Å²) in [5, 5.41) is 10.2. The molecule has 0 aliphatic heterocycles. The lowest BCUT2D eigenvalue weighted by Gasteiger charge is -2.17. The first-order valence-corrected chi connectivity index (χ1v) is 6.02. The molecule has 0 unspecified atom stereocenters. The molecule has 0 aromatic heterocycles. The summed E-state index contributed by atoms with van der Waals surface area (Å²) in [6.45, 7) is 0. The summed E-state index contributed by atoms with van der Waals surface area (Å²) in [6.07, 6.45) is 4.23. The average Bonchev–Trinajstić information content (AvgIpc) is 2.49. The molecule has 94 valence electrons. The van der Waals surface area contributed by atoms with Crippen molar-refractivity contribution in [3.63, 3.8) is 0 Å². The van der Waals surface area contributed by atoms with E-state index in [9.17, 15) is 9.90 Å². The van der Waals surface area contributed by atoms with Gasteiger partial charge in [0.15, 0.2) is 5.78 Å². The van der Waals surface area contributed by atoms with E-state index in [2.05, 4.69) is 5.92 Å². The maximum absolute atomic E-state index is 12.2. The molecular formula is C17H14O2. The van der Waals surface area contributed by atoms with Crippen molar-refractivity contribution >= 4 is 5.78 Å². The maximum Gasteiger partial charge on any atom is 0.192 e. The van der Waals surface area contributed by atoms with Crippen molar-refractivity contribution in [3.05, 3.63) is 71.8 Å². The van der Waals surface area contributed by atoms with Gasteiger partial charge < -0.3 is 5.11 Å². The molecule has 0 fully saturated rings. The second-order valence-electron chi connectivity index (χ2n) is 4.23. The van der Waals surface area contributed by atoms with Gasteiger partial charge in [0.25, 0.3) is 0 Å². The molecule has 2 atom stereocenters. The van der Waals surface area contributed by atoms with Crippen molar-refractivity contribution in [3.8, 4) is 12.3 Å². The highest BCUT2D eigenvalue weighted by Crippen LogP contribution is 2.21. The lowest BCUT2D eigenvalue weighted by Crippen LogP contribution is -2.27. The molecule has 0 heterocycles. The number of carbonyl (C=O) groups is 1. The van der Waals surface area contributed by atoms with Crippen molar-refractivity contribution in [1.29, 1.82) is 0 Å². The van der Waals surface area contributed by atoms with Crippen LogP contribution in [-0.2, 0) is 0 Å². The first kappa shape index (κ1) is 13.1. The van der Waals surface area contributed by atoms with Gasteiger partial charge in [-0.2, -0.15) is 0 Å². The maximum atomic E-state index is 12.2. The molecule has 0 amide bonds. The Balaban J connectivity index is 2.26. The van der Waals surface area contributed by atoms with E-state index in [1.54, 1.807) is 24.3 Å². The molecule has 19 heavy (non-hydrogen) atoms. The Morgan fingerprint density at radius 2 is 1.53 bits per heavy atom. The third kappa shape index (κ3) is 2.90. The van der Waals surface area contributed by atoms with E-state index in [0.29, 0.717) is 5.56 Å². The van der Waals surface area contributed by atoms with Crippen molar-refractivity contribution in [2.45, 2.75) is 12.0 Å². The highest BCUT2D eigenvalue weighted by molar-refractivity contribution is 6.00. The van der Waals surface area contributed by atoms with Gasteiger partial charge in [0.05, 0.1) is 5.92 Å². The minimum Gasteiger partial charge on any atom is -0.383 e. The van der Waals surface area contributed by atoms with Crippen LogP contribution in [0.15, 0.2) is 60.7 Å². The zero-order chi connectivity index (χ0) is 13.7. The molecule has 0 saturated heterocycles. The van der Waals surface area contributed by atoms with Gasteiger partial charge in [0.1, 0.15) is 6.10 Å². The summed E-state index contributed by atoms with van der Waals surface area (Å²) in [4.78, 5) is 12.2. The highest BCUT2D eigenvalue weighted by Gasteiger charge is 2.26. The fraction of sp³-hybridized carbons (Fsp3) is 0.118. The van der Waals surface area contributed by atoms with Crippen LogP contribution in [0.2, 0.25) is 0 Å². The number of ketones is 1. The lowest BCUT2D eigenvalue weighted by atomic mass is 9.89. The monoisotopic (exact) mass is 250 g/mol. The third-order valence-electron chi connectivity index (χ3n) is 2.98. The molecule has 0 saturated carbocycles. The summed E-state index contributed by atoms with van der Waals surface area (Å²) < 4.78 is 0. The molecular weight excluding hydrogens is 236 g/mol. The number of rotatable bonds is 4. The smallest absolute Gasteiger partial charge is 0.192 e. The molecule has 0 bridgehead atoms. The lowest BCUT2D eigenvalue weighted by molar-refractivity contribution is 0.0725. The number of aliphatic hydroxyl groups is 1. The van der Waals surface area contributed by atoms with Gasteiger partial charge >= 0.3 is 0 Å². The number of terminal acetylenes is 1.